The van der Waals surface area contributed by atoms with Crippen LogP contribution in [-0.2, 0) is 4.79 Å². The van der Waals surface area contributed by atoms with Crippen molar-refractivity contribution in [3.63, 3.8) is 0 Å². The molecule has 5 nitrogen and oxygen atoms in total. The second kappa shape index (κ2) is 7.11. The fraction of sp³-hybridized carbons (Fsp3) is 0.500. The molecule has 5 heteroatoms. The number of amides is 2. The van der Waals surface area contributed by atoms with E-state index in [4.69, 9.17) is 4.74 Å². The molecule has 2 N–H and O–H groups in total. The summed E-state index contributed by atoms with van der Waals surface area (Å²) in [6, 6.07) is 6.83. The molecule has 1 atom stereocenters. The van der Waals surface area contributed by atoms with Crippen molar-refractivity contribution in [1.82, 2.24) is 5.32 Å². The Morgan fingerprint density at radius 1 is 1.29 bits per heavy atom. The summed E-state index contributed by atoms with van der Waals surface area (Å²) >= 11 is 0. The summed E-state index contributed by atoms with van der Waals surface area (Å²) in [5, 5.41) is 5.51. The number of anilines is 1. The number of hydrogen-bond acceptors (Lipinski definition) is 3. The summed E-state index contributed by atoms with van der Waals surface area (Å²) < 4.78 is 5.19. The molecule has 1 aromatic carbocycles. The first-order valence-electron chi connectivity index (χ1n) is 7.12. The van der Waals surface area contributed by atoms with Gasteiger partial charge in [-0.3, -0.25) is 4.79 Å². The van der Waals surface area contributed by atoms with E-state index in [1.54, 1.807) is 24.3 Å². The Balaban J connectivity index is 2.68. The van der Waals surface area contributed by atoms with E-state index in [1.165, 1.54) is 0 Å². The van der Waals surface area contributed by atoms with Crippen molar-refractivity contribution in [3.8, 4) is 5.75 Å². The van der Waals surface area contributed by atoms with Crippen molar-refractivity contribution in [3.05, 3.63) is 24.3 Å². The van der Waals surface area contributed by atoms with E-state index in [2.05, 4.69) is 10.6 Å². The maximum Gasteiger partial charge on any atom is 0.412 e. The number of carbonyl (C=O) groups excluding carboxylic acids is 2. The molecule has 0 saturated carbocycles. The van der Waals surface area contributed by atoms with Gasteiger partial charge in [-0.05, 0) is 25.5 Å². The molecule has 1 aromatic rings. The van der Waals surface area contributed by atoms with Gasteiger partial charge in [-0.15, -0.1) is 0 Å². The maximum absolute atomic E-state index is 11.9. The zero-order valence-electron chi connectivity index (χ0n) is 13.3. The second-order valence-corrected chi connectivity index (χ2v) is 6.08. The largest absolute Gasteiger partial charge is 0.412 e. The Kier molecular flexibility index (Phi) is 5.76. The van der Waals surface area contributed by atoms with Gasteiger partial charge in [0.25, 0.3) is 0 Å². The topological polar surface area (TPSA) is 67.4 Å². The summed E-state index contributed by atoms with van der Waals surface area (Å²) in [6.45, 7) is 9.39. The van der Waals surface area contributed by atoms with Gasteiger partial charge in [0.2, 0.25) is 5.91 Å². The minimum Gasteiger partial charge on any atom is -0.410 e. The van der Waals surface area contributed by atoms with Crippen molar-refractivity contribution >= 4 is 17.7 Å². The number of benzene rings is 1. The van der Waals surface area contributed by atoms with Gasteiger partial charge >= 0.3 is 6.09 Å². The van der Waals surface area contributed by atoms with Crippen molar-refractivity contribution in [2.45, 2.75) is 47.1 Å². The predicted octanol–water partition coefficient (Wildman–Crippen LogP) is 3.56. The summed E-state index contributed by atoms with van der Waals surface area (Å²) in [7, 11) is 0. The molecule has 0 fully saturated rings. The molecule has 0 bridgehead atoms. The first-order valence-corrected chi connectivity index (χ1v) is 7.12. The normalized spacial score (nSPS) is 12.4. The standard InChI is InChI=1S/C16H24N2O3/c1-6-11(2)17-15(20)21-13-9-7-8-12(10-13)18-14(19)16(3,4)5/h7-11H,6H2,1-5H3,(H,17,20)(H,18,19). The van der Waals surface area contributed by atoms with Crippen LogP contribution in [0.4, 0.5) is 10.5 Å². The van der Waals surface area contributed by atoms with Gasteiger partial charge in [0, 0.05) is 23.2 Å². The summed E-state index contributed by atoms with van der Waals surface area (Å²) in [5.74, 6) is 0.297. The highest BCUT2D eigenvalue weighted by molar-refractivity contribution is 5.94. The maximum atomic E-state index is 11.9. The van der Waals surface area contributed by atoms with Crippen molar-refractivity contribution < 1.29 is 14.3 Å². The van der Waals surface area contributed by atoms with Crippen molar-refractivity contribution in [2.24, 2.45) is 5.41 Å². The number of rotatable bonds is 4. The Labute approximate surface area is 126 Å². The Bertz CT molecular complexity index is 506. The molecule has 1 unspecified atom stereocenters. The Hall–Kier alpha value is -2.04. The summed E-state index contributed by atoms with van der Waals surface area (Å²) in [4.78, 5) is 23.6. The van der Waals surface area contributed by atoms with E-state index in [0.717, 1.165) is 6.42 Å². The average Bonchev–Trinajstić information content (AvgIpc) is 2.37. The van der Waals surface area contributed by atoms with E-state index in [-0.39, 0.29) is 11.9 Å². The first-order chi connectivity index (χ1) is 9.72. The molecule has 2 amide bonds. The van der Waals surface area contributed by atoms with Gasteiger partial charge in [-0.1, -0.05) is 33.8 Å². The molecule has 0 saturated heterocycles. The fourth-order valence-corrected chi connectivity index (χ4v) is 1.40. The molecule has 0 spiro atoms. The molecule has 1 rings (SSSR count). The lowest BCUT2D eigenvalue weighted by molar-refractivity contribution is -0.123. The van der Waals surface area contributed by atoms with E-state index in [1.807, 2.05) is 34.6 Å². The van der Waals surface area contributed by atoms with Gasteiger partial charge in [0.15, 0.2) is 0 Å². The third kappa shape index (κ3) is 5.85. The second-order valence-electron chi connectivity index (χ2n) is 6.08. The number of carbonyl (C=O) groups is 2. The van der Waals surface area contributed by atoms with Crippen LogP contribution in [0.2, 0.25) is 0 Å². The lowest BCUT2D eigenvalue weighted by Crippen LogP contribution is -2.34. The first kappa shape index (κ1) is 17.0. The lowest BCUT2D eigenvalue weighted by atomic mass is 9.95. The van der Waals surface area contributed by atoms with Crippen LogP contribution < -0.4 is 15.4 Å². The zero-order chi connectivity index (χ0) is 16.0. The molecule has 0 aromatic heterocycles. The average molecular weight is 292 g/mol. The Morgan fingerprint density at radius 2 is 1.95 bits per heavy atom. The smallest absolute Gasteiger partial charge is 0.410 e. The quantitative estimate of drug-likeness (QED) is 0.891. The van der Waals surface area contributed by atoms with Crippen molar-refractivity contribution in [1.29, 1.82) is 0 Å². The van der Waals surface area contributed by atoms with Crippen LogP contribution in [0.15, 0.2) is 24.3 Å². The molecule has 116 valence electrons. The molecular weight excluding hydrogens is 268 g/mol. The van der Waals surface area contributed by atoms with Crippen LogP contribution in [0.5, 0.6) is 5.75 Å². The third-order valence-corrected chi connectivity index (χ3v) is 2.96. The van der Waals surface area contributed by atoms with Crippen LogP contribution in [0.25, 0.3) is 0 Å². The summed E-state index contributed by atoms with van der Waals surface area (Å²) in [6.07, 6.45) is 0.334. The molecule has 0 radical (unpaired) electrons. The molecular formula is C16H24N2O3. The van der Waals surface area contributed by atoms with Crippen LogP contribution in [-0.4, -0.2) is 18.0 Å². The van der Waals surface area contributed by atoms with Gasteiger partial charge in [0.05, 0.1) is 0 Å². The molecule has 0 aliphatic heterocycles. The van der Waals surface area contributed by atoms with E-state index < -0.39 is 11.5 Å². The highest BCUT2D eigenvalue weighted by Gasteiger charge is 2.21. The molecule has 0 aliphatic carbocycles. The van der Waals surface area contributed by atoms with Gasteiger partial charge < -0.3 is 15.4 Å². The third-order valence-electron chi connectivity index (χ3n) is 2.96. The molecule has 0 heterocycles. The monoisotopic (exact) mass is 292 g/mol. The SMILES string of the molecule is CCC(C)NC(=O)Oc1cccc(NC(=O)C(C)(C)C)c1. The highest BCUT2D eigenvalue weighted by Crippen LogP contribution is 2.21. The highest BCUT2D eigenvalue weighted by atomic mass is 16.6. The van der Waals surface area contributed by atoms with Crippen molar-refractivity contribution in [2.75, 3.05) is 5.32 Å². The van der Waals surface area contributed by atoms with Crippen LogP contribution >= 0.6 is 0 Å². The van der Waals surface area contributed by atoms with Gasteiger partial charge in [-0.2, -0.15) is 0 Å². The molecule has 21 heavy (non-hydrogen) atoms. The predicted molar refractivity (Wildman–Crippen MR) is 83.4 cm³/mol. The van der Waals surface area contributed by atoms with Crippen LogP contribution in [0, 0.1) is 5.41 Å². The van der Waals surface area contributed by atoms with Gasteiger partial charge in [0.1, 0.15) is 5.75 Å². The van der Waals surface area contributed by atoms with E-state index in [9.17, 15) is 9.59 Å². The van der Waals surface area contributed by atoms with Crippen LogP contribution in [0.3, 0.4) is 0 Å². The minimum absolute atomic E-state index is 0.0567. The fourth-order valence-electron chi connectivity index (χ4n) is 1.40. The van der Waals surface area contributed by atoms with E-state index >= 15 is 0 Å². The Morgan fingerprint density at radius 3 is 2.52 bits per heavy atom. The number of ether oxygens (including phenoxy) is 1. The lowest BCUT2D eigenvalue weighted by Gasteiger charge is -2.18. The van der Waals surface area contributed by atoms with Gasteiger partial charge in [-0.25, -0.2) is 4.79 Å². The number of nitrogens with one attached hydrogen (secondary N) is 2. The number of hydrogen-bond donors (Lipinski definition) is 2. The van der Waals surface area contributed by atoms with E-state index in [0.29, 0.717) is 11.4 Å². The van der Waals surface area contributed by atoms with Crippen LogP contribution in [0.1, 0.15) is 41.0 Å². The minimum atomic E-state index is -0.497. The zero-order valence-corrected chi connectivity index (χ0v) is 13.3. The molecule has 0 aliphatic rings. The summed E-state index contributed by atoms with van der Waals surface area (Å²) in [5.41, 5.74) is 0.119.